The predicted molar refractivity (Wildman–Crippen MR) is 67.5 cm³/mol. The smallest absolute Gasteiger partial charge is 0.221 e. The number of nitrogens with one attached hydrogen (secondary N) is 1. The summed E-state index contributed by atoms with van der Waals surface area (Å²) in [7, 11) is 0. The Kier molecular flexibility index (Phi) is 2.22. The van der Waals surface area contributed by atoms with Crippen molar-refractivity contribution in [2.45, 2.75) is 6.54 Å². The van der Waals surface area contributed by atoms with Gasteiger partial charge in [-0.25, -0.2) is 4.98 Å². The van der Waals surface area contributed by atoms with Crippen molar-refractivity contribution in [2.24, 2.45) is 4.99 Å². The van der Waals surface area contributed by atoms with Crippen LogP contribution in [0.1, 0.15) is 11.1 Å². The molecule has 0 saturated carbocycles. The van der Waals surface area contributed by atoms with Crippen LogP contribution >= 0.6 is 0 Å². The molecule has 17 heavy (non-hydrogen) atoms. The predicted octanol–water partition coefficient (Wildman–Crippen LogP) is 1.73. The molecule has 0 atom stereocenters. The van der Waals surface area contributed by atoms with E-state index in [4.69, 9.17) is 5.73 Å². The minimum Gasteiger partial charge on any atom is -0.368 e. The molecule has 0 unspecified atom stereocenters. The van der Waals surface area contributed by atoms with Crippen LogP contribution in [0, 0.1) is 0 Å². The number of hydrogen-bond acceptors (Lipinski definition) is 5. The van der Waals surface area contributed by atoms with Gasteiger partial charge in [0, 0.05) is 23.7 Å². The number of aliphatic imine (C=N–C) groups is 1. The van der Waals surface area contributed by atoms with E-state index in [-0.39, 0.29) is 5.95 Å². The monoisotopic (exact) mass is 225 g/mol. The molecule has 5 nitrogen and oxygen atoms in total. The van der Waals surface area contributed by atoms with Gasteiger partial charge >= 0.3 is 0 Å². The number of nitrogens with two attached hydrogens (primary N) is 1. The lowest BCUT2D eigenvalue weighted by Crippen LogP contribution is -2.01. The van der Waals surface area contributed by atoms with Crippen LogP contribution < -0.4 is 11.1 Å². The highest BCUT2D eigenvalue weighted by Crippen LogP contribution is 2.25. The first-order valence-corrected chi connectivity index (χ1v) is 5.30. The summed E-state index contributed by atoms with van der Waals surface area (Å²) < 4.78 is 0. The van der Waals surface area contributed by atoms with Gasteiger partial charge in [0.2, 0.25) is 5.95 Å². The van der Waals surface area contributed by atoms with E-state index < -0.39 is 0 Å². The molecule has 0 amide bonds. The molecule has 5 heteroatoms. The molecular weight excluding hydrogens is 214 g/mol. The van der Waals surface area contributed by atoms with Crippen molar-refractivity contribution in [3.8, 4) is 0 Å². The zero-order chi connectivity index (χ0) is 11.7. The third kappa shape index (κ3) is 1.82. The summed E-state index contributed by atoms with van der Waals surface area (Å²) in [6.07, 6.45) is 3.50. The van der Waals surface area contributed by atoms with Gasteiger partial charge in [-0.15, -0.1) is 0 Å². The van der Waals surface area contributed by atoms with E-state index >= 15 is 0 Å². The van der Waals surface area contributed by atoms with Crippen molar-refractivity contribution in [3.63, 3.8) is 0 Å². The molecule has 0 fully saturated rings. The van der Waals surface area contributed by atoms with Gasteiger partial charge in [-0.3, -0.25) is 4.99 Å². The highest BCUT2D eigenvalue weighted by atomic mass is 15.1. The number of anilines is 3. The zero-order valence-electron chi connectivity index (χ0n) is 9.09. The van der Waals surface area contributed by atoms with Crippen molar-refractivity contribution in [1.29, 1.82) is 0 Å². The Morgan fingerprint density at radius 2 is 2.18 bits per heavy atom. The first-order chi connectivity index (χ1) is 8.33. The summed E-state index contributed by atoms with van der Waals surface area (Å²) in [6, 6.07) is 7.85. The van der Waals surface area contributed by atoms with Gasteiger partial charge in [0.25, 0.3) is 0 Å². The Morgan fingerprint density at radius 1 is 1.24 bits per heavy atom. The van der Waals surface area contributed by atoms with Gasteiger partial charge in [-0.05, 0) is 17.7 Å². The number of nitrogen functional groups attached to an aromatic ring is 1. The number of aromatic nitrogens is 2. The van der Waals surface area contributed by atoms with Crippen molar-refractivity contribution in [3.05, 3.63) is 41.6 Å². The Morgan fingerprint density at radius 3 is 3.06 bits per heavy atom. The lowest BCUT2D eigenvalue weighted by Gasteiger charge is -2.09. The zero-order valence-corrected chi connectivity index (χ0v) is 9.09. The molecule has 2 aromatic rings. The van der Waals surface area contributed by atoms with Gasteiger partial charge in [0.1, 0.15) is 5.82 Å². The molecule has 2 heterocycles. The van der Waals surface area contributed by atoms with Gasteiger partial charge in [0.15, 0.2) is 0 Å². The molecule has 3 N–H and O–H groups in total. The average Bonchev–Trinajstić information content (AvgIpc) is 2.78. The highest BCUT2D eigenvalue weighted by Gasteiger charge is 2.10. The SMILES string of the molecule is Nc1nccc(Nc2cccc3c2C=NC3)n1. The number of nitrogens with zero attached hydrogens (tertiary/aromatic N) is 3. The average molecular weight is 225 g/mol. The fourth-order valence-electron chi connectivity index (χ4n) is 1.83. The van der Waals surface area contributed by atoms with Crippen LogP contribution in [0.3, 0.4) is 0 Å². The molecular formula is C12H11N5. The van der Waals surface area contributed by atoms with E-state index in [1.54, 1.807) is 12.3 Å². The second kappa shape index (κ2) is 3.86. The maximum Gasteiger partial charge on any atom is 0.221 e. The van der Waals surface area contributed by atoms with E-state index in [1.165, 1.54) is 5.56 Å². The number of fused-ring (bicyclic) bond motifs is 1. The number of benzene rings is 1. The topological polar surface area (TPSA) is 76.2 Å². The molecule has 1 aromatic heterocycles. The molecule has 0 bridgehead atoms. The summed E-state index contributed by atoms with van der Waals surface area (Å²) in [5, 5.41) is 3.22. The maximum absolute atomic E-state index is 5.54. The first kappa shape index (κ1) is 9.77. The van der Waals surface area contributed by atoms with Crippen molar-refractivity contribution in [2.75, 3.05) is 11.1 Å². The van der Waals surface area contributed by atoms with Gasteiger partial charge in [-0.1, -0.05) is 12.1 Å². The molecule has 3 rings (SSSR count). The lowest BCUT2D eigenvalue weighted by atomic mass is 10.1. The van der Waals surface area contributed by atoms with Crippen molar-refractivity contribution < 1.29 is 0 Å². The van der Waals surface area contributed by atoms with Crippen LogP contribution in [-0.4, -0.2) is 16.2 Å². The Labute approximate surface area is 98.4 Å². The maximum atomic E-state index is 5.54. The Balaban J connectivity index is 1.96. The molecule has 0 spiro atoms. The quantitative estimate of drug-likeness (QED) is 0.816. The van der Waals surface area contributed by atoms with Gasteiger partial charge in [-0.2, -0.15) is 4.98 Å². The third-order valence-electron chi connectivity index (χ3n) is 2.62. The van der Waals surface area contributed by atoms with Crippen LogP contribution in [-0.2, 0) is 6.54 Å². The van der Waals surface area contributed by atoms with E-state index in [9.17, 15) is 0 Å². The molecule has 1 aromatic carbocycles. The van der Waals surface area contributed by atoms with E-state index in [0.717, 1.165) is 17.8 Å². The van der Waals surface area contributed by atoms with Crippen LogP contribution in [0.2, 0.25) is 0 Å². The van der Waals surface area contributed by atoms with E-state index in [1.807, 2.05) is 18.3 Å². The van der Waals surface area contributed by atoms with Crippen molar-refractivity contribution in [1.82, 2.24) is 9.97 Å². The fraction of sp³-hybridized carbons (Fsp3) is 0.0833. The molecule has 0 saturated heterocycles. The van der Waals surface area contributed by atoms with Crippen LogP contribution in [0.5, 0.6) is 0 Å². The lowest BCUT2D eigenvalue weighted by molar-refractivity contribution is 1.11. The molecule has 1 aliphatic rings. The summed E-state index contributed by atoms with van der Waals surface area (Å²) in [5.74, 6) is 0.947. The Bertz CT molecular complexity index is 591. The van der Waals surface area contributed by atoms with Gasteiger partial charge in [0.05, 0.1) is 6.54 Å². The van der Waals surface area contributed by atoms with Crippen molar-refractivity contribution >= 4 is 23.7 Å². The second-order valence-electron chi connectivity index (χ2n) is 3.77. The van der Waals surface area contributed by atoms with Gasteiger partial charge < -0.3 is 11.1 Å². The number of hydrogen-bond donors (Lipinski definition) is 2. The summed E-state index contributed by atoms with van der Waals surface area (Å²) in [5.41, 5.74) is 8.86. The second-order valence-corrected chi connectivity index (χ2v) is 3.77. The third-order valence-corrected chi connectivity index (χ3v) is 2.62. The summed E-state index contributed by atoms with van der Waals surface area (Å²) in [4.78, 5) is 12.2. The molecule has 0 radical (unpaired) electrons. The van der Waals surface area contributed by atoms with Crippen LogP contribution in [0.25, 0.3) is 0 Å². The van der Waals surface area contributed by atoms with Crippen LogP contribution in [0.15, 0.2) is 35.5 Å². The molecule has 1 aliphatic heterocycles. The number of rotatable bonds is 2. The summed E-state index contributed by atoms with van der Waals surface area (Å²) >= 11 is 0. The summed E-state index contributed by atoms with van der Waals surface area (Å²) in [6.45, 7) is 0.747. The highest BCUT2D eigenvalue weighted by molar-refractivity contribution is 5.92. The normalized spacial score (nSPS) is 12.5. The largest absolute Gasteiger partial charge is 0.368 e. The molecule has 84 valence electrons. The minimum atomic E-state index is 0.260. The minimum absolute atomic E-state index is 0.260. The van der Waals surface area contributed by atoms with E-state index in [0.29, 0.717) is 5.82 Å². The molecule has 0 aliphatic carbocycles. The fourth-order valence-corrected chi connectivity index (χ4v) is 1.83. The van der Waals surface area contributed by atoms with Crippen LogP contribution in [0.4, 0.5) is 17.5 Å². The van der Waals surface area contributed by atoms with E-state index in [2.05, 4.69) is 26.3 Å². The standard InChI is InChI=1S/C12H11N5/c13-12-15-5-4-11(17-12)16-10-3-1-2-8-6-14-7-9(8)10/h1-5,7H,6H2,(H3,13,15,16,17). The Hall–Kier alpha value is -2.43. The first-order valence-electron chi connectivity index (χ1n) is 5.30.